The first-order valence-electron chi connectivity index (χ1n) is 10.6. The van der Waals surface area contributed by atoms with Gasteiger partial charge in [0.1, 0.15) is 29.1 Å². The lowest BCUT2D eigenvalue weighted by Gasteiger charge is -2.26. The van der Waals surface area contributed by atoms with Crippen LogP contribution in [-0.4, -0.2) is 22.1 Å². The van der Waals surface area contributed by atoms with E-state index in [1.807, 2.05) is 54.6 Å². The summed E-state index contributed by atoms with van der Waals surface area (Å²) in [7, 11) is 1.65. The quantitative estimate of drug-likeness (QED) is 0.376. The first-order valence-corrected chi connectivity index (χ1v) is 11.0. The molecule has 2 atom stereocenters. The number of benzene rings is 2. The Bertz CT molecular complexity index is 1240. The van der Waals surface area contributed by atoms with Crippen molar-refractivity contribution in [1.29, 1.82) is 0 Å². The molecule has 7 heteroatoms. The molecule has 0 radical (unpaired) electrons. The van der Waals surface area contributed by atoms with Crippen molar-refractivity contribution in [2.75, 3.05) is 7.11 Å². The Balaban J connectivity index is 1.51. The van der Waals surface area contributed by atoms with Crippen molar-refractivity contribution in [2.45, 2.75) is 18.6 Å². The van der Waals surface area contributed by atoms with Gasteiger partial charge in [-0.2, -0.15) is 0 Å². The van der Waals surface area contributed by atoms with E-state index in [-0.39, 0.29) is 17.9 Å². The van der Waals surface area contributed by atoms with Crippen LogP contribution in [0.5, 0.6) is 5.75 Å². The fraction of sp³-hybridized carbons (Fsp3) is 0.154. The van der Waals surface area contributed by atoms with Crippen LogP contribution in [0, 0.1) is 5.82 Å². The Morgan fingerprint density at radius 3 is 2.52 bits per heavy atom. The minimum absolute atomic E-state index is 0.177. The van der Waals surface area contributed by atoms with Crippen molar-refractivity contribution in [3.63, 3.8) is 0 Å². The fourth-order valence-electron chi connectivity index (χ4n) is 4.09. The first kappa shape index (κ1) is 21.2. The molecule has 1 saturated heterocycles. The number of halogens is 1. The molecule has 0 spiro atoms. The number of nitrogens with zero attached hydrogens (tertiary/aromatic N) is 2. The third-order valence-electron chi connectivity index (χ3n) is 5.76. The second-order valence-corrected chi connectivity index (χ2v) is 8.20. The number of pyridine rings is 1. The van der Waals surface area contributed by atoms with Gasteiger partial charge in [0, 0.05) is 18.3 Å². The van der Waals surface area contributed by atoms with Crippen LogP contribution in [0.15, 0.2) is 89.5 Å². The Morgan fingerprint density at radius 2 is 1.82 bits per heavy atom. The molecular weight excluding hydrogens is 437 g/mol. The first-order chi connectivity index (χ1) is 16.1. The van der Waals surface area contributed by atoms with Crippen molar-refractivity contribution in [3.05, 3.63) is 108 Å². The van der Waals surface area contributed by atoms with E-state index < -0.39 is 0 Å². The normalized spacial score (nSPS) is 17.8. The molecule has 3 heterocycles. The SMILES string of the molecule is COc1ccc(CN2C(=S)N[C@H](c3ccccn3)[C@@H]2c2ccc(-c3ccc(F)cc3)o2)cc1. The molecule has 0 bridgehead atoms. The molecule has 1 aliphatic heterocycles. The van der Waals surface area contributed by atoms with E-state index in [1.165, 1.54) is 12.1 Å². The number of nitrogens with one attached hydrogen (secondary N) is 1. The van der Waals surface area contributed by atoms with E-state index in [2.05, 4.69) is 15.2 Å². The molecule has 2 aromatic heterocycles. The monoisotopic (exact) mass is 459 g/mol. The third-order valence-corrected chi connectivity index (χ3v) is 6.11. The number of rotatable bonds is 6. The molecule has 0 amide bonds. The summed E-state index contributed by atoms with van der Waals surface area (Å²) >= 11 is 5.74. The molecule has 33 heavy (non-hydrogen) atoms. The highest BCUT2D eigenvalue weighted by Gasteiger charge is 2.41. The van der Waals surface area contributed by atoms with Gasteiger partial charge in [-0.25, -0.2) is 4.39 Å². The van der Waals surface area contributed by atoms with Crippen LogP contribution in [0.2, 0.25) is 0 Å². The zero-order chi connectivity index (χ0) is 22.8. The molecule has 1 fully saturated rings. The van der Waals surface area contributed by atoms with Gasteiger partial charge in [0.25, 0.3) is 0 Å². The highest BCUT2D eigenvalue weighted by molar-refractivity contribution is 7.80. The lowest BCUT2D eigenvalue weighted by Crippen LogP contribution is -2.29. The van der Waals surface area contributed by atoms with Gasteiger partial charge in [-0.15, -0.1) is 0 Å². The molecule has 4 aromatic rings. The lowest BCUT2D eigenvalue weighted by molar-refractivity contribution is 0.269. The van der Waals surface area contributed by atoms with Gasteiger partial charge in [-0.1, -0.05) is 18.2 Å². The molecular formula is C26H22FN3O2S. The van der Waals surface area contributed by atoms with Crippen molar-refractivity contribution in [2.24, 2.45) is 0 Å². The van der Waals surface area contributed by atoms with E-state index in [9.17, 15) is 4.39 Å². The summed E-state index contributed by atoms with van der Waals surface area (Å²) < 4.78 is 24.9. The molecule has 5 rings (SSSR count). The van der Waals surface area contributed by atoms with Crippen molar-refractivity contribution in [1.82, 2.24) is 15.2 Å². The number of methoxy groups -OCH3 is 1. The van der Waals surface area contributed by atoms with Crippen LogP contribution >= 0.6 is 12.2 Å². The van der Waals surface area contributed by atoms with Crippen LogP contribution in [-0.2, 0) is 6.54 Å². The average Bonchev–Trinajstić information content (AvgIpc) is 3.45. The van der Waals surface area contributed by atoms with E-state index in [1.54, 1.807) is 25.4 Å². The van der Waals surface area contributed by atoms with E-state index in [4.69, 9.17) is 21.4 Å². The predicted molar refractivity (Wildman–Crippen MR) is 128 cm³/mol. The maximum Gasteiger partial charge on any atom is 0.170 e. The van der Waals surface area contributed by atoms with Gasteiger partial charge in [0.05, 0.1) is 18.8 Å². The summed E-state index contributed by atoms with van der Waals surface area (Å²) in [6.07, 6.45) is 1.77. The Kier molecular flexibility index (Phi) is 5.79. The standard InChI is InChI=1S/C26H22FN3O2S/c1-31-20-11-5-17(6-12-20)16-30-25(24(29-26(30)33)21-4-2-3-15-28-21)23-14-13-22(32-23)18-7-9-19(27)10-8-18/h2-15,24-25H,16H2,1H3,(H,29,33)/t24-,25+/m1/s1. The zero-order valence-corrected chi connectivity index (χ0v) is 18.8. The van der Waals surface area contributed by atoms with Gasteiger partial charge in [-0.05, 0) is 78.4 Å². The van der Waals surface area contributed by atoms with Gasteiger partial charge >= 0.3 is 0 Å². The Hall–Kier alpha value is -3.71. The molecule has 0 saturated carbocycles. The highest BCUT2D eigenvalue weighted by atomic mass is 32.1. The second-order valence-electron chi connectivity index (χ2n) is 7.81. The summed E-state index contributed by atoms with van der Waals surface area (Å²) in [6.45, 7) is 0.594. The molecule has 1 aliphatic rings. The average molecular weight is 460 g/mol. The van der Waals surface area contributed by atoms with E-state index in [0.717, 1.165) is 28.3 Å². The number of aromatic nitrogens is 1. The molecule has 5 nitrogen and oxygen atoms in total. The topological polar surface area (TPSA) is 50.5 Å². The predicted octanol–water partition coefficient (Wildman–Crippen LogP) is 5.66. The lowest BCUT2D eigenvalue weighted by atomic mass is 10.0. The summed E-state index contributed by atoms with van der Waals surface area (Å²) in [6, 6.07) is 23.5. The second kappa shape index (κ2) is 9.03. The molecule has 0 unspecified atom stereocenters. The fourth-order valence-corrected chi connectivity index (χ4v) is 4.40. The third kappa shape index (κ3) is 4.32. The van der Waals surface area contributed by atoms with Crippen LogP contribution in [0.3, 0.4) is 0 Å². The maximum atomic E-state index is 13.4. The number of hydrogen-bond acceptors (Lipinski definition) is 4. The largest absolute Gasteiger partial charge is 0.497 e. The van der Waals surface area contributed by atoms with Crippen molar-refractivity contribution < 1.29 is 13.5 Å². The van der Waals surface area contributed by atoms with Gasteiger partial charge in [-0.3, -0.25) is 4.98 Å². The summed E-state index contributed by atoms with van der Waals surface area (Å²) in [5.41, 5.74) is 2.78. The number of thiocarbonyl (C=S) groups is 1. The van der Waals surface area contributed by atoms with E-state index in [0.29, 0.717) is 17.4 Å². The summed E-state index contributed by atoms with van der Waals surface area (Å²) in [5, 5.41) is 4.06. The Morgan fingerprint density at radius 1 is 1.03 bits per heavy atom. The molecule has 1 N–H and O–H groups in total. The molecule has 166 valence electrons. The van der Waals surface area contributed by atoms with Gasteiger partial charge < -0.3 is 19.4 Å². The number of furan rings is 1. The minimum Gasteiger partial charge on any atom is -0.497 e. The van der Waals surface area contributed by atoms with Crippen molar-refractivity contribution >= 4 is 17.3 Å². The molecule has 0 aliphatic carbocycles. The van der Waals surface area contributed by atoms with Crippen molar-refractivity contribution in [3.8, 4) is 17.1 Å². The summed E-state index contributed by atoms with van der Waals surface area (Å²) in [5.74, 6) is 1.95. The molecule has 2 aromatic carbocycles. The number of hydrogen-bond donors (Lipinski definition) is 1. The highest BCUT2D eigenvalue weighted by Crippen LogP contribution is 2.41. The smallest absolute Gasteiger partial charge is 0.170 e. The van der Waals surface area contributed by atoms with Crippen LogP contribution < -0.4 is 10.1 Å². The minimum atomic E-state index is -0.281. The Labute approximate surface area is 196 Å². The maximum absolute atomic E-state index is 13.4. The summed E-state index contributed by atoms with van der Waals surface area (Å²) in [4.78, 5) is 6.68. The van der Waals surface area contributed by atoms with Gasteiger partial charge in [0.2, 0.25) is 0 Å². The zero-order valence-electron chi connectivity index (χ0n) is 17.9. The number of ether oxygens (including phenoxy) is 1. The van der Waals surface area contributed by atoms with Crippen LogP contribution in [0.1, 0.15) is 29.1 Å². The van der Waals surface area contributed by atoms with Gasteiger partial charge in [0.15, 0.2) is 5.11 Å². The van der Waals surface area contributed by atoms with Crippen LogP contribution in [0.4, 0.5) is 4.39 Å². The van der Waals surface area contributed by atoms with E-state index >= 15 is 0 Å². The van der Waals surface area contributed by atoms with Crippen LogP contribution in [0.25, 0.3) is 11.3 Å².